The van der Waals surface area contributed by atoms with E-state index in [0.717, 1.165) is 100.0 Å². The van der Waals surface area contributed by atoms with Crippen LogP contribution in [0.15, 0.2) is 237 Å². The number of benzene rings is 6. The van der Waals surface area contributed by atoms with Gasteiger partial charge in [0.2, 0.25) is 0 Å². The molecule has 0 saturated carbocycles. The van der Waals surface area contributed by atoms with Crippen molar-refractivity contribution in [3.05, 3.63) is 206 Å². The monoisotopic (exact) mass is 1190 g/mol. The summed E-state index contributed by atoms with van der Waals surface area (Å²) >= 11 is 0. The number of rotatable bonds is 16. The fourth-order valence-corrected chi connectivity index (χ4v) is 8.03. The number of hydrogen-bond acceptors (Lipinski definition) is 12. The highest BCUT2D eigenvalue weighted by Crippen LogP contribution is 2.33. The number of azo groups is 3. The van der Waals surface area contributed by atoms with Crippen LogP contribution in [-0.4, -0.2) is 39.9 Å². The predicted molar refractivity (Wildman–Crippen MR) is 318 cm³/mol. The lowest BCUT2D eigenvalue weighted by Crippen LogP contribution is -3.00. The molecule has 0 aliphatic heterocycles. The van der Waals surface area contributed by atoms with Gasteiger partial charge in [0.25, 0.3) is 0 Å². The summed E-state index contributed by atoms with van der Waals surface area (Å²) in [5.74, 6) is 7.43. The molecular weight excluding hydrogens is 1130 g/mol. The minimum Gasteiger partial charge on any atom is -1.00 e. The van der Waals surface area contributed by atoms with Crippen LogP contribution in [0.3, 0.4) is 0 Å². The smallest absolute Gasteiger partial charge is 0.421 e. The number of nitrogens with two attached hydrogens (primary N) is 1. The normalized spacial score (nSPS) is 10.8. The van der Waals surface area contributed by atoms with Crippen molar-refractivity contribution in [1.29, 1.82) is 0 Å². The molecule has 0 bridgehead atoms. The molecule has 0 aliphatic carbocycles. The third kappa shape index (κ3) is 18.9. The van der Waals surface area contributed by atoms with Crippen LogP contribution in [0.2, 0.25) is 0 Å². The summed E-state index contributed by atoms with van der Waals surface area (Å²) in [6.45, 7) is 3.18. The molecule has 23 heteroatoms. The number of aryl methyl sites for hydroxylation is 6. The molecular formula is C58H67Cl5N18. The Hall–Kier alpha value is -8.39. The molecule has 424 valence electrons. The largest absolute Gasteiger partial charge is 1.00 e. The van der Waals surface area contributed by atoms with Gasteiger partial charge in [-0.15, -0.1) is 24.8 Å². The van der Waals surface area contributed by atoms with E-state index in [9.17, 15) is 0 Å². The van der Waals surface area contributed by atoms with Crippen molar-refractivity contribution in [2.75, 3.05) is 47.4 Å². The van der Waals surface area contributed by atoms with E-state index < -0.39 is 0 Å². The van der Waals surface area contributed by atoms with Crippen molar-refractivity contribution in [3.8, 4) is 0 Å². The Morgan fingerprint density at radius 3 is 1.42 bits per heavy atom. The maximum atomic E-state index is 5.05. The highest BCUT2D eigenvalue weighted by molar-refractivity contribution is 6.01. The Balaban J connectivity index is 0.000000356. The lowest BCUT2D eigenvalue weighted by molar-refractivity contribution is -0.658. The molecule has 6 N–H and O–H groups in total. The van der Waals surface area contributed by atoms with Crippen molar-refractivity contribution in [1.82, 2.24) is 13.7 Å². The minimum absolute atomic E-state index is 0. The first-order valence-electron chi connectivity index (χ1n) is 24.9. The van der Waals surface area contributed by atoms with Gasteiger partial charge in [-0.05, 0) is 95.4 Å². The van der Waals surface area contributed by atoms with E-state index in [4.69, 9.17) is 5.84 Å². The Bertz CT molecular complexity index is 3630. The summed E-state index contributed by atoms with van der Waals surface area (Å²) in [5.41, 5.74) is 7.57. The van der Waals surface area contributed by atoms with Crippen LogP contribution >= 0.6 is 24.8 Å². The van der Waals surface area contributed by atoms with Crippen LogP contribution in [0, 0.1) is 0 Å². The maximum absolute atomic E-state index is 5.05. The van der Waals surface area contributed by atoms with Crippen molar-refractivity contribution < 1.29 is 50.9 Å². The van der Waals surface area contributed by atoms with Gasteiger partial charge in [0.05, 0.1) is 71.3 Å². The molecule has 4 aromatic heterocycles. The Morgan fingerprint density at radius 2 is 0.901 bits per heavy atom. The number of pyridine rings is 2. The molecule has 18 nitrogen and oxygen atoms in total. The summed E-state index contributed by atoms with van der Waals surface area (Å²) in [6, 6.07) is 54.5. The lowest BCUT2D eigenvalue weighted by atomic mass is 10.1. The molecule has 0 atom stereocenters. The topological polar surface area (TPSA) is 187 Å². The zero-order valence-corrected chi connectivity index (χ0v) is 49.6. The fourth-order valence-electron chi connectivity index (χ4n) is 8.03. The number of fused-ring (bicyclic) bond motifs is 2. The molecule has 0 saturated heterocycles. The van der Waals surface area contributed by atoms with Crippen LogP contribution in [0.4, 0.5) is 57.5 Å². The highest BCUT2D eigenvalue weighted by atomic mass is 35.5. The lowest BCUT2D eigenvalue weighted by Gasteiger charge is -2.12. The predicted octanol–water partition coefficient (Wildman–Crippen LogP) is 2.78. The zero-order chi connectivity index (χ0) is 53.1. The second-order valence-electron chi connectivity index (χ2n) is 17.7. The number of nitrogens with one attached hydrogen (secondary N) is 4. The van der Waals surface area contributed by atoms with Crippen molar-refractivity contribution in [2.45, 2.75) is 0 Å². The van der Waals surface area contributed by atoms with Gasteiger partial charge in [0.1, 0.15) is 17.1 Å². The molecule has 4 heterocycles. The molecule has 0 amide bonds. The number of nitrogens with zero attached hydrogens (tertiary/aromatic N) is 13. The van der Waals surface area contributed by atoms with Gasteiger partial charge in [0.15, 0.2) is 5.49 Å². The third-order valence-electron chi connectivity index (χ3n) is 12.2. The van der Waals surface area contributed by atoms with E-state index >= 15 is 0 Å². The van der Waals surface area contributed by atoms with Crippen LogP contribution < -0.4 is 83.5 Å². The van der Waals surface area contributed by atoms with Gasteiger partial charge < -0.3 is 68.9 Å². The first kappa shape index (κ1) is 66.9. The van der Waals surface area contributed by atoms with E-state index in [0.29, 0.717) is 0 Å². The van der Waals surface area contributed by atoms with E-state index in [-0.39, 0.29) is 62.0 Å². The van der Waals surface area contributed by atoms with Gasteiger partial charge in [-0.25, -0.2) is 22.8 Å². The number of imidazole rings is 2. The average molecular weight is 1190 g/mol. The summed E-state index contributed by atoms with van der Waals surface area (Å²) in [4.78, 5) is 0. The fraction of sp³-hybridized carbons (Fsp3) is 0.172. The highest BCUT2D eigenvalue weighted by Gasteiger charge is 2.13. The van der Waals surface area contributed by atoms with E-state index in [2.05, 4.69) is 118 Å². The number of anilines is 4. The molecule has 0 spiro atoms. The average Bonchev–Trinajstić information content (AvgIpc) is 4.02. The first-order chi connectivity index (χ1) is 37.1. The van der Waals surface area contributed by atoms with E-state index in [1.165, 1.54) is 10.8 Å². The van der Waals surface area contributed by atoms with Crippen molar-refractivity contribution in [2.24, 2.45) is 83.9 Å². The number of aromatic nitrogens is 6. The maximum Gasteiger partial charge on any atom is 0.421 e. The summed E-state index contributed by atoms with van der Waals surface area (Å²) in [5, 5.41) is 48.5. The molecule has 10 aromatic rings. The molecule has 0 aliphatic rings. The SMILES string of the molecule is Cl.Cl.Cn1cc[n+](C)c1N=Nc1ccc(NCCNc2ccc(N=Nc3cccc[n+]3C)c3ccccc23)cc1.Cn1cc[n+](C)c1N=Nc1ccc(NCCNc2cccc3ccccc23)cc1.Cn1cccc/c1=N/N.[Cl-].[Cl-].[Cl-]. The van der Waals surface area contributed by atoms with Crippen molar-refractivity contribution >= 4 is 104 Å². The van der Waals surface area contributed by atoms with Gasteiger partial charge >= 0.3 is 17.7 Å². The summed E-state index contributed by atoms with van der Waals surface area (Å²) < 4.78 is 11.5. The van der Waals surface area contributed by atoms with Gasteiger partial charge in [-0.2, -0.15) is 5.10 Å². The second-order valence-corrected chi connectivity index (χ2v) is 17.7. The number of hydrogen-bond donors (Lipinski definition) is 5. The standard InChI is InChI=1S/C29H29N9.C23H24N6.C6H9N3.5ClH/c1-36-19-7-6-10-28(36)34-33-27-16-15-26(24-8-4-5-9-25(24)27)31-18-17-30-22-11-13-23(14-12-22)32-35-29-37(2)20-21-38(29)3;1-28-16-17-29(2)23(28)27-26-20-12-10-19(11-13-20)24-14-15-25-22-9-5-7-18-6-3-4-8-21(18)22;1-9-5-3-2-4-6(9)8-7;;;;;/h4-16,19-21H,17-18H2,1-3H3;3-13,16-17,25H,14-15H2,1-2H3;2-5H,7H2,1H3;5*1H/b;;8-6-;;;;;. The van der Waals surface area contributed by atoms with Crippen LogP contribution in [0.5, 0.6) is 0 Å². The van der Waals surface area contributed by atoms with Crippen molar-refractivity contribution in [3.63, 3.8) is 0 Å². The summed E-state index contributed by atoms with van der Waals surface area (Å²) in [6.07, 6.45) is 11.7. The van der Waals surface area contributed by atoms with Crippen LogP contribution in [-0.2, 0) is 42.3 Å². The summed E-state index contributed by atoms with van der Waals surface area (Å²) in [7, 11) is 11.7. The zero-order valence-electron chi connectivity index (χ0n) is 45.7. The van der Waals surface area contributed by atoms with E-state index in [1.807, 2.05) is 210 Å². The molecule has 81 heavy (non-hydrogen) atoms. The third-order valence-corrected chi connectivity index (χ3v) is 12.2. The molecule has 6 aromatic carbocycles. The molecule has 0 fully saturated rings. The van der Waals surface area contributed by atoms with E-state index in [1.54, 1.807) is 0 Å². The Morgan fingerprint density at radius 1 is 0.407 bits per heavy atom. The van der Waals surface area contributed by atoms with Gasteiger partial charge in [-0.3, -0.25) is 0 Å². The number of halogens is 5. The van der Waals surface area contributed by atoms with Gasteiger partial charge in [0, 0.05) is 94.6 Å². The Kier molecular flexibility index (Phi) is 28.0. The second kappa shape index (κ2) is 33.9. The van der Waals surface area contributed by atoms with Crippen LogP contribution in [0.1, 0.15) is 0 Å². The molecule has 10 rings (SSSR count). The molecule has 0 unspecified atom stereocenters. The van der Waals surface area contributed by atoms with Gasteiger partial charge in [-0.1, -0.05) is 83.0 Å². The van der Waals surface area contributed by atoms with Crippen LogP contribution in [0.25, 0.3) is 21.5 Å². The minimum atomic E-state index is 0. The Labute approximate surface area is 503 Å². The first-order valence-corrected chi connectivity index (χ1v) is 24.9. The molecule has 0 radical (unpaired) electrons. The quantitative estimate of drug-likeness (QED) is 0.0327.